The SMILES string of the molecule is COc1cccc(/C=C2\N=C(c3ccccc3F)OC2=O)c1OCc1ccc(F)cc1. The molecule has 3 aromatic carbocycles. The van der Waals surface area contributed by atoms with Gasteiger partial charge in [0.15, 0.2) is 17.2 Å². The van der Waals surface area contributed by atoms with E-state index in [1.165, 1.54) is 43.5 Å². The van der Waals surface area contributed by atoms with Crippen LogP contribution < -0.4 is 9.47 Å². The zero-order valence-corrected chi connectivity index (χ0v) is 16.5. The zero-order chi connectivity index (χ0) is 21.8. The highest BCUT2D eigenvalue weighted by atomic mass is 19.1. The van der Waals surface area contributed by atoms with Crippen LogP contribution in [0.1, 0.15) is 16.7 Å². The third-order valence-corrected chi connectivity index (χ3v) is 4.54. The normalized spacial score (nSPS) is 14.4. The second-order valence-corrected chi connectivity index (χ2v) is 6.61. The number of carbonyl (C=O) groups excluding carboxylic acids is 1. The smallest absolute Gasteiger partial charge is 0.363 e. The summed E-state index contributed by atoms with van der Waals surface area (Å²) in [7, 11) is 1.50. The molecule has 0 saturated heterocycles. The second-order valence-electron chi connectivity index (χ2n) is 6.61. The van der Waals surface area contributed by atoms with E-state index in [-0.39, 0.29) is 29.6 Å². The van der Waals surface area contributed by atoms with E-state index in [9.17, 15) is 13.6 Å². The van der Waals surface area contributed by atoms with Crippen molar-refractivity contribution in [3.63, 3.8) is 0 Å². The first-order valence-corrected chi connectivity index (χ1v) is 9.37. The van der Waals surface area contributed by atoms with Gasteiger partial charge < -0.3 is 14.2 Å². The molecule has 5 nitrogen and oxygen atoms in total. The minimum absolute atomic E-state index is 0.00172. The van der Waals surface area contributed by atoms with Gasteiger partial charge in [0.05, 0.1) is 12.7 Å². The van der Waals surface area contributed by atoms with E-state index < -0.39 is 11.8 Å². The van der Waals surface area contributed by atoms with Crippen molar-refractivity contribution in [2.75, 3.05) is 7.11 Å². The predicted molar refractivity (Wildman–Crippen MR) is 111 cm³/mol. The molecule has 31 heavy (non-hydrogen) atoms. The second kappa shape index (κ2) is 8.79. The molecule has 7 heteroatoms. The highest BCUT2D eigenvalue weighted by molar-refractivity contribution is 6.13. The van der Waals surface area contributed by atoms with Crippen LogP contribution in [0.5, 0.6) is 11.5 Å². The number of benzene rings is 3. The zero-order valence-electron chi connectivity index (χ0n) is 16.5. The Labute approximate surface area is 177 Å². The van der Waals surface area contributed by atoms with E-state index in [0.29, 0.717) is 17.1 Å². The lowest BCUT2D eigenvalue weighted by atomic mass is 10.1. The van der Waals surface area contributed by atoms with Crippen LogP contribution >= 0.6 is 0 Å². The van der Waals surface area contributed by atoms with Crippen molar-refractivity contribution in [2.24, 2.45) is 4.99 Å². The van der Waals surface area contributed by atoms with Crippen LogP contribution in [-0.2, 0) is 16.1 Å². The molecule has 0 N–H and O–H groups in total. The summed E-state index contributed by atoms with van der Waals surface area (Å²) < 4.78 is 43.6. The summed E-state index contributed by atoms with van der Waals surface area (Å²) in [5.74, 6) is -0.864. The molecule has 0 unspecified atom stereocenters. The molecule has 0 radical (unpaired) electrons. The van der Waals surface area contributed by atoms with Crippen molar-refractivity contribution < 1.29 is 27.8 Å². The summed E-state index contributed by atoms with van der Waals surface area (Å²) in [5.41, 5.74) is 1.37. The minimum Gasteiger partial charge on any atom is -0.493 e. The molecule has 4 rings (SSSR count). The number of esters is 1. The Morgan fingerprint density at radius 2 is 1.77 bits per heavy atom. The molecule has 3 aromatic rings. The number of cyclic esters (lactones) is 1. The van der Waals surface area contributed by atoms with E-state index in [4.69, 9.17) is 14.2 Å². The van der Waals surface area contributed by atoms with Gasteiger partial charge in [-0.3, -0.25) is 0 Å². The number of para-hydroxylation sites is 1. The Bertz CT molecular complexity index is 1190. The summed E-state index contributed by atoms with van der Waals surface area (Å²) in [6, 6.07) is 17.0. The molecule has 1 aliphatic rings. The van der Waals surface area contributed by atoms with Gasteiger partial charge in [0.25, 0.3) is 0 Å². The van der Waals surface area contributed by atoms with Crippen molar-refractivity contribution in [3.8, 4) is 11.5 Å². The summed E-state index contributed by atoms with van der Waals surface area (Å²) in [6.07, 6.45) is 1.48. The average molecular weight is 421 g/mol. The summed E-state index contributed by atoms with van der Waals surface area (Å²) in [6.45, 7) is 0.158. The Morgan fingerprint density at radius 1 is 1.00 bits per heavy atom. The van der Waals surface area contributed by atoms with Gasteiger partial charge in [-0.25, -0.2) is 18.6 Å². The van der Waals surface area contributed by atoms with Crippen molar-refractivity contribution in [2.45, 2.75) is 6.61 Å². The lowest BCUT2D eigenvalue weighted by molar-refractivity contribution is -0.129. The molecule has 0 bridgehead atoms. The van der Waals surface area contributed by atoms with E-state index in [2.05, 4.69) is 4.99 Å². The summed E-state index contributed by atoms with van der Waals surface area (Å²) in [5, 5.41) is 0. The highest BCUT2D eigenvalue weighted by Gasteiger charge is 2.26. The maximum absolute atomic E-state index is 14.0. The van der Waals surface area contributed by atoms with E-state index >= 15 is 0 Å². The lowest BCUT2D eigenvalue weighted by Crippen LogP contribution is -2.07. The molecule has 0 amide bonds. The van der Waals surface area contributed by atoms with Crippen LogP contribution in [0.3, 0.4) is 0 Å². The lowest BCUT2D eigenvalue weighted by Gasteiger charge is -2.13. The molecular formula is C24H17F2NO4. The quantitative estimate of drug-likeness (QED) is 0.420. The Balaban J connectivity index is 1.66. The van der Waals surface area contributed by atoms with E-state index in [0.717, 1.165) is 5.56 Å². The predicted octanol–water partition coefficient (Wildman–Crippen LogP) is 4.90. The maximum atomic E-state index is 14.0. The van der Waals surface area contributed by atoms with Crippen LogP contribution in [0.15, 0.2) is 77.4 Å². The molecule has 0 spiro atoms. The fourth-order valence-electron chi connectivity index (χ4n) is 3.00. The van der Waals surface area contributed by atoms with Gasteiger partial charge in [0.2, 0.25) is 5.90 Å². The first-order valence-electron chi connectivity index (χ1n) is 9.37. The van der Waals surface area contributed by atoms with Gasteiger partial charge >= 0.3 is 5.97 Å². The third-order valence-electron chi connectivity index (χ3n) is 4.54. The minimum atomic E-state index is -0.703. The van der Waals surface area contributed by atoms with E-state index in [1.807, 2.05) is 0 Å². The first kappa shape index (κ1) is 20.3. The Kier molecular flexibility index (Phi) is 5.75. The molecule has 1 heterocycles. The molecular weight excluding hydrogens is 404 g/mol. The number of methoxy groups -OCH3 is 1. The number of hydrogen-bond donors (Lipinski definition) is 0. The van der Waals surface area contributed by atoms with Crippen LogP contribution in [-0.4, -0.2) is 19.0 Å². The van der Waals surface area contributed by atoms with Crippen LogP contribution in [0, 0.1) is 11.6 Å². The maximum Gasteiger partial charge on any atom is 0.363 e. The molecule has 0 atom stereocenters. The van der Waals surface area contributed by atoms with Crippen molar-refractivity contribution >= 4 is 17.9 Å². The van der Waals surface area contributed by atoms with Gasteiger partial charge in [0.1, 0.15) is 18.2 Å². The van der Waals surface area contributed by atoms with Crippen molar-refractivity contribution in [1.82, 2.24) is 0 Å². The number of nitrogens with zero attached hydrogens (tertiary/aromatic N) is 1. The number of aliphatic imine (C=N–C) groups is 1. The van der Waals surface area contributed by atoms with Crippen LogP contribution in [0.2, 0.25) is 0 Å². The summed E-state index contributed by atoms with van der Waals surface area (Å²) >= 11 is 0. The number of rotatable bonds is 6. The topological polar surface area (TPSA) is 57.1 Å². The number of carbonyl (C=O) groups is 1. The number of hydrogen-bond acceptors (Lipinski definition) is 5. The average Bonchev–Trinajstić information content (AvgIpc) is 3.14. The molecule has 0 fully saturated rings. The molecule has 0 aliphatic carbocycles. The van der Waals surface area contributed by atoms with Gasteiger partial charge in [-0.05, 0) is 42.0 Å². The summed E-state index contributed by atoms with van der Waals surface area (Å²) in [4.78, 5) is 16.5. The molecule has 1 aliphatic heterocycles. The fourth-order valence-corrected chi connectivity index (χ4v) is 3.00. The van der Waals surface area contributed by atoms with Crippen LogP contribution in [0.4, 0.5) is 8.78 Å². The largest absolute Gasteiger partial charge is 0.493 e. The van der Waals surface area contributed by atoms with Crippen molar-refractivity contribution in [1.29, 1.82) is 0 Å². The molecule has 156 valence electrons. The third kappa shape index (κ3) is 4.45. The van der Waals surface area contributed by atoms with Gasteiger partial charge in [-0.2, -0.15) is 0 Å². The fraction of sp³-hybridized carbons (Fsp3) is 0.0833. The monoisotopic (exact) mass is 421 g/mol. The van der Waals surface area contributed by atoms with Gasteiger partial charge in [-0.15, -0.1) is 0 Å². The molecule has 0 saturated carbocycles. The van der Waals surface area contributed by atoms with Gasteiger partial charge in [0, 0.05) is 5.56 Å². The number of ether oxygens (including phenoxy) is 3. The first-order chi connectivity index (χ1) is 15.0. The number of halogens is 2. The van der Waals surface area contributed by atoms with E-state index in [1.54, 1.807) is 36.4 Å². The van der Waals surface area contributed by atoms with Gasteiger partial charge in [-0.1, -0.05) is 36.4 Å². The van der Waals surface area contributed by atoms with Crippen molar-refractivity contribution in [3.05, 3.63) is 101 Å². The van der Waals surface area contributed by atoms with Crippen LogP contribution in [0.25, 0.3) is 6.08 Å². The molecule has 0 aromatic heterocycles. The Hall–Kier alpha value is -4.00. The standard InChI is InChI=1S/C24H17F2NO4/c1-29-21-8-4-5-16(22(21)30-14-15-9-11-17(25)12-10-15)13-20-24(28)31-23(27-20)18-6-2-3-7-19(18)26/h2-13H,14H2,1H3/b20-13-. The Morgan fingerprint density at radius 3 is 2.52 bits per heavy atom. The highest BCUT2D eigenvalue weighted by Crippen LogP contribution is 2.34.